The van der Waals surface area contributed by atoms with Crippen molar-refractivity contribution in [1.82, 2.24) is 98.0 Å². The molecule has 147 heavy (non-hydrogen) atoms. The van der Waals surface area contributed by atoms with E-state index in [0.717, 1.165) is 167 Å². The highest BCUT2D eigenvalue weighted by Crippen LogP contribution is 2.38. The smallest absolute Gasteiger partial charge is 0.263 e. The molecule has 23 aromatic rings. The van der Waals surface area contributed by atoms with Gasteiger partial charge in [0.2, 0.25) is 0 Å². The summed E-state index contributed by atoms with van der Waals surface area (Å²) in [6.45, 7) is 21.8. The number of aromatic nitrogens is 20. The molecular weight excluding hydrogens is 1830 g/mol. The van der Waals surface area contributed by atoms with Gasteiger partial charge in [0, 0.05) is 143 Å². The van der Waals surface area contributed by atoms with Crippen LogP contribution in [-0.2, 0) is 12.8 Å². The lowest BCUT2D eigenvalue weighted by Crippen LogP contribution is -2.26. The van der Waals surface area contributed by atoms with E-state index in [0.29, 0.717) is 80.7 Å². The molecule has 15 aromatic heterocycles. The Hall–Kier alpha value is -18.7. The van der Waals surface area contributed by atoms with Crippen molar-refractivity contribution in [2.45, 2.75) is 113 Å². The zero-order chi connectivity index (χ0) is 102. The second-order valence-corrected chi connectivity index (χ2v) is 36.6. The van der Waals surface area contributed by atoms with Gasteiger partial charge in [0.15, 0.2) is 11.6 Å². The van der Waals surface area contributed by atoms with Gasteiger partial charge < -0.3 is 15.4 Å². The lowest BCUT2D eigenvalue weighted by molar-refractivity contribution is 0.413. The van der Waals surface area contributed by atoms with E-state index >= 15 is 0 Å². The maximum atomic E-state index is 14.4. The third-order valence-corrected chi connectivity index (χ3v) is 26.2. The van der Waals surface area contributed by atoms with E-state index < -0.39 is 0 Å². The van der Waals surface area contributed by atoms with E-state index in [9.17, 15) is 19.2 Å². The number of hydrogen-bond acceptors (Lipinski definition) is 23. The third kappa shape index (κ3) is 19.9. The molecule has 0 aliphatic rings. The van der Waals surface area contributed by atoms with E-state index in [1.165, 1.54) is 6.33 Å². The van der Waals surface area contributed by atoms with Crippen molar-refractivity contribution in [2.75, 3.05) is 17.7 Å². The van der Waals surface area contributed by atoms with Gasteiger partial charge in [0.05, 0.1) is 80.4 Å². The maximum Gasteiger partial charge on any atom is 0.263 e. The van der Waals surface area contributed by atoms with Gasteiger partial charge in [0.1, 0.15) is 57.4 Å². The molecule has 0 saturated carbocycles. The number of methoxy groups -OCH3 is 1. The SMILES string of the molecule is COc1cncc(-c2cccc3cc([C@H](C)Cc4nc(C)nc5cccnc45)n(-c4ccccc4)c(=O)c23)c1.Cc1cccc(-n2c([C@H](C)Nc3ncnc4cccnc34)cc3cccc(C)c3c2=O)c1.Cc1cncc(-c2cccc3cc([C@H](C)Nc4nc(C)nc5cccnc45)n(-c4ccccc4)c(=O)c23)c1.Cc1ncc(-c2cccc3cc([C@H](C)Cc4nc(C)nc5cccnc45)n(-c4ccccc4)c(=O)c23)cn1. The van der Waals surface area contributed by atoms with Gasteiger partial charge in [-0.2, -0.15) is 0 Å². The molecule has 0 aliphatic heterocycles. The number of para-hydroxylation sites is 3. The Balaban J connectivity index is 0.000000119. The van der Waals surface area contributed by atoms with Gasteiger partial charge in [0.25, 0.3) is 22.2 Å². The molecule has 27 nitrogen and oxygen atoms in total. The number of pyridine rings is 10. The van der Waals surface area contributed by atoms with Crippen LogP contribution in [0.2, 0.25) is 0 Å². The fraction of sp³-hybridized carbons (Fsp3) is 0.150. The Labute approximate surface area is 845 Å². The summed E-state index contributed by atoms with van der Waals surface area (Å²) in [5.41, 5.74) is 22.5. The van der Waals surface area contributed by atoms with Crippen molar-refractivity contribution in [3.05, 3.63) is 457 Å². The first kappa shape index (κ1) is 95.9. The molecule has 8 aromatic carbocycles. The number of anilines is 2. The summed E-state index contributed by atoms with van der Waals surface area (Å²) in [5, 5.41) is 13.2. The fourth-order valence-corrected chi connectivity index (χ4v) is 19.4. The number of ether oxygens (including phenoxy) is 1. The minimum Gasteiger partial charge on any atom is -0.495 e. The molecule has 0 fully saturated rings. The van der Waals surface area contributed by atoms with Crippen LogP contribution in [0, 0.1) is 48.5 Å². The number of nitrogens with one attached hydrogen (secondary N) is 2. The monoisotopic (exact) mass is 1930 g/mol. The van der Waals surface area contributed by atoms with E-state index in [2.05, 4.69) is 125 Å². The second kappa shape index (κ2) is 41.9. The summed E-state index contributed by atoms with van der Waals surface area (Å²) < 4.78 is 12.6. The molecule has 27 heteroatoms. The zero-order valence-corrected chi connectivity index (χ0v) is 83.0. The summed E-state index contributed by atoms with van der Waals surface area (Å²) >= 11 is 0. The molecule has 0 spiro atoms. The van der Waals surface area contributed by atoms with E-state index in [1.807, 2.05) is 326 Å². The molecular formula is C120H102N22O5. The molecule has 722 valence electrons. The Kier molecular flexibility index (Phi) is 27.3. The summed E-state index contributed by atoms with van der Waals surface area (Å²) in [6, 6.07) is 88.1. The predicted octanol–water partition coefficient (Wildman–Crippen LogP) is 23.1. The standard InChI is InChI=1S/C32H27N5O2.2C31H26N6O.C26H23N5O/c1-20(15-28-31-27(13-8-14-34-31)35-21(2)36-28)29-17-22-9-7-12-26(23-16-25(39-3)19-33-18-23)30(22)32(38)37(29)24-10-5-4-6-11-24;1-19(15-27-30-26(13-8-14-32-30)35-21(3)36-27)28-16-22-9-7-12-25(23-17-33-20(2)34-18-23)29(22)31(38)37(28)24-10-5-4-6-11-24;1-19-15-23(18-32-17-19)25-12-7-9-22-16-27(37(31(38)28(22)25)24-10-5-4-6-11-24)20(2)34-30-29-26(13-8-14-33-29)35-21(3)36-30;1-16-7-4-10-20(13-16)31-22(14-19-9-5-8-17(2)23(19)26(31)32)18(3)30-25-24-21(28-15-29-25)11-6-12-27-24/h4-14,16-20H,15H2,1-3H3;4-14,16-19H,15H2,1-3H3;4-18,20H,1-3H3,(H,34,35,36);4-15,18H,1-3H3,(H,28,29,30)/t20-;19-;20-;18-/m1100/s1. The van der Waals surface area contributed by atoms with Crippen LogP contribution in [-0.4, -0.2) is 105 Å². The lowest BCUT2D eigenvalue weighted by atomic mass is 9.94. The minimum absolute atomic E-state index is 0.0273. The zero-order valence-electron chi connectivity index (χ0n) is 83.0. The molecule has 0 bridgehead atoms. The van der Waals surface area contributed by atoms with Crippen LogP contribution in [0.5, 0.6) is 5.75 Å². The molecule has 0 unspecified atom stereocenters. The second-order valence-electron chi connectivity index (χ2n) is 36.6. The molecule has 15 heterocycles. The van der Waals surface area contributed by atoms with E-state index in [1.54, 1.807) is 65.8 Å². The van der Waals surface area contributed by atoms with Crippen molar-refractivity contribution in [1.29, 1.82) is 0 Å². The normalized spacial score (nSPS) is 12.1. The molecule has 23 rings (SSSR count). The van der Waals surface area contributed by atoms with Crippen LogP contribution >= 0.6 is 0 Å². The van der Waals surface area contributed by atoms with E-state index in [-0.39, 0.29) is 46.2 Å². The lowest BCUT2D eigenvalue weighted by Gasteiger charge is -2.22. The molecule has 0 amide bonds. The van der Waals surface area contributed by atoms with Gasteiger partial charge in [-0.3, -0.25) is 67.4 Å². The topological polar surface area (TPSA) is 328 Å². The van der Waals surface area contributed by atoms with Crippen molar-refractivity contribution >= 4 is 98.9 Å². The molecule has 2 N–H and O–H groups in total. The van der Waals surface area contributed by atoms with Crippen LogP contribution in [0.25, 0.3) is 143 Å². The average Bonchev–Trinajstić information content (AvgIpc) is 0.756. The highest BCUT2D eigenvalue weighted by atomic mass is 16.5. The minimum atomic E-state index is -0.267. The molecule has 4 atom stereocenters. The maximum absolute atomic E-state index is 14.4. The number of aryl methyl sites for hydroxylation is 7. The quantitative estimate of drug-likeness (QED) is 0.0716. The molecule has 0 radical (unpaired) electrons. The molecule has 0 saturated heterocycles. The van der Waals surface area contributed by atoms with Crippen molar-refractivity contribution in [3.8, 4) is 61.9 Å². The van der Waals surface area contributed by atoms with Gasteiger partial charge in [-0.05, 0) is 251 Å². The first-order valence-corrected chi connectivity index (χ1v) is 48.5. The summed E-state index contributed by atoms with van der Waals surface area (Å²) in [4.78, 5) is 129. The summed E-state index contributed by atoms with van der Waals surface area (Å²) in [5.74, 6) is 4.58. The number of benzene rings is 8. The van der Waals surface area contributed by atoms with Crippen LogP contribution in [0.4, 0.5) is 11.6 Å². The fourth-order valence-electron chi connectivity index (χ4n) is 19.4. The number of nitrogens with zero attached hydrogens (tertiary/aromatic N) is 20. The van der Waals surface area contributed by atoms with Crippen molar-refractivity contribution in [2.24, 2.45) is 0 Å². The average molecular weight is 1930 g/mol. The van der Waals surface area contributed by atoms with Gasteiger partial charge in [-0.15, -0.1) is 0 Å². The number of hydrogen-bond donors (Lipinski definition) is 2. The Morgan fingerprint density at radius 1 is 0.299 bits per heavy atom. The van der Waals surface area contributed by atoms with Crippen LogP contribution in [0.1, 0.15) is 126 Å². The largest absolute Gasteiger partial charge is 0.495 e. The highest BCUT2D eigenvalue weighted by Gasteiger charge is 2.28. The van der Waals surface area contributed by atoms with Crippen molar-refractivity contribution < 1.29 is 4.74 Å². The van der Waals surface area contributed by atoms with Gasteiger partial charge in [-0.25, -0.2) is 49.8 Å². The van der Waals surface area contributed by atoms with Crippen LogP contribution in [0.3, 0.4) is 0 Å². The Bertz CT molecular complexity index is 9230. The van der Waals surface area contributed by atoms with Gasteiger partial charge in [-0.1, -0.05) is 153 Å². The van der Waals surface area contributed by atoms with Crippen LogP contribution in [0.15, 0.2) is 360 Å². The van der Waals surface area contributed by atoms with E-state index in [4.69, 9.17) is 14.7 Å². The molecule has 0 aliphatic carbocycles. The van der Waals surface area contributed by atoms with Crippen LogP contribution < -0.4 is 37.6 Å². The third-order valence-electron chi connectivity index (χ3n) is 26.2. The summed E-state index contributed by atoms with van der Waals surface area (Å²) in [6.07, 6.45) is 20.3. The Morgan fingerprint density at radius 3 is 1.18 bits per heavy atom. The number of fused-ring (bicyclic) bond motifs is 8. The Morgan fingerprint density at radius 2 is 0.694 bits per heavy atom. The first-order chi connectivity index (χ1) is 71.5. The van der Waals surface area contributed by atoms with Crippen molar-refractivity contribution in [3.63, 3.8) is 0 Å². The van der Waals surface area contributed by atoms with Gasteiger partial charge >= 0.3 is 0 Å². The summed E-state index contributed by atoms with van der Waals surface area (Å²) in [7, 11) is 1.61. The highest BCUT2D eigenvalue weighted by molar-refractivity contribution is 6.00. The first-order valence-electron chi connectivity index (χ1n) is 48.5. The predicted molar refractivity (Wildman–Crippen MR) is 583 cm³/mol. The number of rotatable bonds is 20.